The molecule has 0 aliphatic heterocycles. The maximum Gasteiger partial charge on any atom is 0.148 e. The molecule has 0 saturated carbocycles. The van der Waals surface area contributed by atoms with Crippen molar-refractivity contribution in [1.82, 2.24) is 9.97 Å². The lowest BCUT2D eigenvalue weighted by Crippen LogP contribution is -2.18. The van der Waals surface area contributed by atoms with Crippen molar-refractivity contribution in [2.24, 2.45) is 0 Å². The smallest absolute Gasteiger partial charge is 0.148 e. The van der Waals surface area contributed by atoms with Crippen LogP contribution in [0, 0.1) is 0 Å². The van der Waals surface area contributed by atoms with E-state index in [2.05, 4.69) is 36.1 Å². The fourth-order valence-electron chi connectivity index (χ4n) is 1.55. The molecule has 0 bridgehead atoms. The number of hydrogen-bond donors (Lipinski definition) is 1. The highest BCUT2D eigenvalue weighted by atomic mass is 79.9. The van der Waals surface area contributed by atoms with Gasteiger partial charge >= 0.3 is 0 Å². The molecule has 0 aromatic carbocycles. The summed E-state index contributed by atoms with van der Waals surface area (Å²) in [5.74, 6) is 1.62. The lowest BCUT2D eigenvalue weighted by molar-refractivity contribution is 0.900. The second-order valence-electron chi connectivity index (χ2n) is 3.67. The maximum atomic E-state index is 5.92. The van der Waals surface area contributed by atoms with Crippen LogP contribution in [0.1, 0.15) is 4.88 Å². The van der Waals surface area contributed by atoms with Crippen molar-refractivity contribution < 1.29 is 0 Å². The monoisotopic (exact) mass is 346 g/mol. The second-order valence-corrected chi connectivity index (χ2v) is 6.26. The molecular formula is C11H12BrClN4S. The van der Waals surface area contributed by atoms with Gasteiger partial charge in [-0.15, -0.1) is 11.3 Å². The number of hydrogen-bond acceptors (Lipinski definition) is 5. The van der Waals surface area contributed by atoms with Crippen LogP contribution in [0.4, 0.5) is 11.6 Å². The van der Waals surface area contributed by atoms with Crippen molar-refractivity contribution in [1.29, 1.82) is 0 Å². The fraction of sp³-hybridized carbons (Fsp3) is 0.273. The number of rotatable bonds is 4. The van der Waals surface area contributed by atoms with Crippen molar-refractivity contribution in [3.8, 4) is 0 Å². The SMILES string of the molecule is CNc1ncnc(N(C)Cc2ccc(Cl)s2)c1Br. The van der Waals surface area contributed by atoms with Crippen molar-refractivity contribution in [2.45, 2.75) is 6.54 Å². The topological polar surface area (TPSA) is 41.1 Å². The predicted molar refractivity (Wildman–Crippen MR) is 80.7 cm³/mol. The van der Waals surface area contributed by atoms with Gasteiger partial charge in [0.25, 0.3) is 0 Å². The number of anilines is 2. The van der Waals surface area contributed by atoms with Gasteiger partial charge in [-0.3, -0.25) is 0 Å². The first-order chi connectivity index (χ1) is 8.61. The van der Waals surface area contributed by atoms with E-state index in [0.717, 1.165) is 27.0 Å². The Morgan fingerprint density at radius 3 is 2.83 bits per heavy atom. The van der Waals surface area contributed by atoms with Gasteiger partial charge in [-0.05, 0) is 28.1 Å². The summed E-state index contributed by atoms with van der Waals surface area (Å²) in [7, 11) is 3.82. The Kier molecular flexibility index (Phi) is 4.42. The molecule has 0 spiro atoms. The lowest BCUT2D eigenvalue weighted by atomic mass is 10.4. The zero-order valence-corrected chi connectivity index (χ0v) is 13.1. The number of thiophene rings is 1. The van der Waals surface area contributed by atoms with Crippen LogP contribution in [0.15, 0.2) is 22.9 Å². The summed E-state index contributed by atoms with van der Waals surface area (Å²) < 4.78 is 1.66. The van der Waals surface area contributed by atoms with Crippen LogP contribution in [-0.2, 0) is 6.54 Å². The molecule has 96 valence electrons. The summed E-state index contributed by atoms with van der Waals surface area (Å²) in [6, 6.07) is 3.93. The number of nitrogens with zero attached hydrogens (tertiary/aromatic N) is 3. The van der Waals surface area contributed by atoms with Gasteiger partial charge in [0.05, 0.1) is 10.9 Å². The molecule has 7 heteroatoms. The molecule has 2 heterocycles. The van der Waals surface area contributed by atoms with Gasteiger partial charge in [0.1, 0.15) is 22.4 Å². The van der Waals surface area contributed by atoms with E-state index in [1.807, 2.05) is 26.2 Å². The van der Waals surface area contributed by atoms with E-state index in [1.54, 1.807) is 17.7 Å². The molecule has 0 atom stereocenters. The summed E-state index contributed by atoms with van der Waals surface area (Å²) in [4.78, 5) is 11.7. The van der Waals surface area contributed by atoms with Gasteiger partial charge in [0, 0.05) is 19.0 Å². The third-order valence-electron chi connectivity index (χ3n) is 2.39. The van der Waals surface area contributed by atoms with Crippen LogP contribution in [0.5, 0.6) is 0 Å². The summed E-state index contributed by atoms with van der Waals surface area (Å²) in [5, 5.41) is 3.02. The van der Waals surface area contributed by atoms with Crippen LogP contribution in [0.25, 0.3) is 0 Å². The third-order valence-corrected chi connectivity index (χ3v) is 4.34. The zero-order valence-electron chi connectivity index (χ0n) is 9.94. The van der Waals surface area contributed by atoms with Crippen molar-refractivity contribution in [3.05, 3.63) is 32.1 Å². The third kappa shape index (κ3) is 2.93. The lowest BCUT2D eigenvalue weighted by Gasteiger charge is -2.19. The Labute approximate surface area is 123 Å². The summed E-state index contributed by atoms with van der Waals surface area (Å²) >= 11 is 11.0. The summed E-state index contributed by atoms with van der Waals surface area (Å²) in [6.07, 6.45) is 1.55. The molecular weight excluding hydrogens is 336 g/mol. The van der Waals surface area contributed by atoms with Gasteiger partial charge in [-0.1, -0.05) is 11.6 Å². The van der Waals surface area contributed by atoms with E-state index in [0.29, 0.717) is 0 Å². The molecule has 0 aliphatic carbocycles. The van der Waals surface area contributed by atoms with Crippen LogP contribution < -0.4 is 10.2 Å². The highest BCUT2D eigenvalue weighted by molar-refractivity contribution is 9.10. The molecule has 0 amide bonds. The average Bonchev–Trinajstić information content (AvgIpc) is 2.75. The van der Waals surface area contributed by atoms with Crippen LogP contribution in [-0.4, -0.2) is 24.1 Å². The average molecular weight is 348 g/mol. The largest absolute Gasteiger partial charge is 0.372 e. The summed E-state index contributed by atoms with van der Waals surface area (Å²) in [5.41, 5.74) is 0. The zero-order chi connectivity index (χ0) is 13.1. The van der Waals surface area contributed by atoms with Crippen LogP contribution >= 0.6 is 38.9 Å². The van der Waals surface area contributed by atoms with E-state index in [1.165, 1.54) is 4.88 Å². The highest BCUT2D eigenvalue weighted by Crippen LogP contribution is 2.30. The normalized spacial score (nSPS) is 10.4. The van der Waals surface area contributed by atoms with Gasteiger partial charge in [-0.25, -0.2) is 9.97 Å². The molecule has 0 unspecified atom stereocenters. The molecule has 2 aromatic heterocycles. The number of halogens is 2. The molecule has 0 radical (unpaired) electrons. The first-order valence-electron chi connectivity index (χ1n) is 5.25. The van der Waals surface area contributed by atoms with Crippen molar-refractivity contribution >= 4 is 50.5 Å². The van der Waals surface area contributed by atoms with Crippen LogP contribution in [0.3, 0.4) is 0 Å². The van der Waals surface area contributed by atoms with E-state index >= 15 is 0 Å². The Hall–Kier alpha value is -0.850. The van der Waals surface area contributed by atoms with E-state index in [9.17, 15) is 0 Å². The Bertz CT molecular complexity index is 546. The standard InChI is InChI=1S/C11H12BrClN4S/c1-14-10-9(12)11(16-6-15-10)17(2)5-7-3-4-8(13)18-7/h3-4,6H,5H2,1-2H3,(H,14,15,16). The fourth-order valence-corrected chi connectivity index (χ4v) is 3.39. The Balaban J connectivity index is 2.21. The van der Waals surface area contributed by atoms with Crippen LogP contribution in [0.2, 0.25) is 4.34 Å². The molecule has 1 N–H and O–H groups in total. The minimum absolute atomic E-state index is 0.760. The van der Waals surface area contributed by atoms with Gasteiger partial charge < -0.3 is 10.2 Å². The predicted octanol–water partition coefficient (Wildman–Crippen LogP) is 3.63. The van der Waals surface area contributed by atoms with Gasteiger partial charge in [0.2, 0.25) is 0 Å². The van der Waals surface area contributed by atoms with E-state index < -0.39 is 0 Å². The Morgan fingerprint density at radius 2 is 2.22 bits per heavy atom. The highest BCUT2D eigenvalue weighted by Gasteiger charge is 2.12. The van der Waals surface area contributed by atoms with E-state index in [-0.39, 0.29) is 0 Å². The van der Waals surface area contributed by atoms with Gasteiger partial charge in [-0.2, -0.15) is 0 Å². The van der Waals surface area contributed by atoms with E-state index in [4.69, 9.17) is 11.6 Å². The van der Waals surface area contributed by atoms with Crippen molar-refractivity contribution in [3.63, 3.8) is 0 Å². The van der Waals surface area contributed by atoms with Crippen molar-refractivity contribution in [2.75, 3.05) is 24.3 Å². The number of aromatic nitrogens is 2. The minimum atomic E-state index is 0.760. The molecule has 0 saturated heterocycles. The first-order valence-corrected chi connectivity index (χ1v) is 7.24. The van der Waals surface area contributed by atoms with Gasteiger partial charge in [0.15, 0.2) is 0 Å². The summed E-state index contributed by atoms with van der Waals surface area (Å²) in [6.45, 7) is 0.760. The molecule has 4 nitrogen and oxygen atoms in total. The second kappa shape index (κ2) is 5.86. The Morgan fingerprint density at radius 1 is 1.44 bits per heavy atom. The molecule has 2 rings (SSSR count). The number of nitrogens with one attached hydrogen (secondary N) is 1. The first kappa shape index (κ1) is 13.6. The minimum Gasteiger partial charge on any atom is -0.372 e. The quantitative estimate of drug-likeness (QED) is 0.917. The molecule has 2 aromatic rings. The molecule has 0 fully saturated rings. The molecule has 0 aliphatic rings. The molecule has 18 heavy (non-hydrogen) atoms. The maximum absolute atomic E-state index is 5.92.